The molecule has 1 unspecified atom stereocenters. The van der Waals surface area contributed by atoms with Crippen molar-refractivity contribution in [1.82, 2.24) is 15.1 Å². The molecule has 200 valence electrons. The van der Waals surface area contributed by atoms with Crippen molar-refractivity contribution in [3.05, 3.63) is 59.7 Å². The number of amides is 2. The first kappa shape index (κ1) is 27.8. The summed E-state index contributed by atoms with van der Waals surface area (Å²) >= 11 is 0. The summed E-state index contributed by atoms with van der Waals surface area (Å²) in [5.41, 5.74) is 1.88. The fourth-order valence-electron chi connectivity index (χ4n) is 4.27. The zero-order valence-electron chi connectivity index (χ0n) is 21.5. The number of carbonyl (C=O) groups is 3. The van der Waals surface area contributed by atoms with Crippen LogP contribution in [-0.2, 0) is 20.9 Å². The highest BCUT2D eigenvalue weighted by Gasteiger charge is 2.27. The van der Waals surface area contributed by atoms with Gasteiger partial charge in [-0.3, -0.25) is 9.69 Å². The van der Waals surface area contributed by atoms with Gasteiger partial charge in [-0.2, -0.15) is 0 Å². The van der Waals surface area contributed by atoms with Crippen LogP contribution in [0.2, 0.25) is 0 Å². The lowest BCUT2D eigenvalue weighted by Gasteiger charge is -2.38. The van der Waals surface area contributed by atoms with Gasteiger partial charge in [0.15, 0.2) is 11.5 Å². The summed E-state index contributed by atoms with van der Waals surface area (Å²) in [7, 11) is 3.21. The van der Waals surface area contributed by atoms with Crippen LogP contribution in [0.4, 0.5) is 4.79 Å². The molecule has 2 amide bonds. The Hall–Kier alpha value is -3.79. The van der Waals surface area contributed by atoms with Gasteiger partial charge < -0.3 is 29.5 Å². The summed E-state index contributed by atoms with van der Waals surface area (Å²) in [6.45, 7) is 4.60. The molecule has 2 N–H and O–H groups in total. The third-order valence-corrected chi connectivity index (χ3v) is 6.55. The molecule has 0 saturated carbocycles. The average Bonchev–Trinajstić information content (AvgIpc) is 2.93. The van der Waals surface area contributed by atoms with Gasteiger partial charge >= 0.3 is 12.1 Å². The minimum atomic E-state index is -1.21. The van der Waals surface area contributed by atoms with E-state index in [1.807, 2.05) is 36.4 Å². The van der Waals surface area contributed by atoms with Crippen LogP contribution in [0.3, 0.4) is 0 Å². The quantitative estimate of drug-likeness (QED) is 0.471. The summed E-state index contributed by atoms with van der Waals surface area (Å²) in [4.78, 5) is 40.5. The van der Waals surface area contributed by atoms with E-state index in [1.54, 1.807) is 31.3 Å². The van der Waals surface area contributed by atoms with Crippen molar-refractivity contribution in [2.24, 2.45) is 0 Å². The maximum absolute atomic E-state index is 12.8. The fourth-order valence-corrected chi connectivity index (χ4v) is 4.27. The number of carboxylic acids is 1. The molecular formula is C27H35N3O7. The number of benzene rings is 2. The highest BCUT2D eigenvalue weighted by atomic mass is 16.5. The lowest BCUT2D eigenvalue weighted by Crippen LogP contribution is -2.49. The van der Waals surface area contributed by atoms with Gasteiger partial charge in [-0.05, 0) is 36.6 Å². The highest BCUT2D eigenvalue weighted by molar-refractivity contribution is 5.81. The lowest BCUT2D eigenvalue weighted by atomic mass is 10.0. The molecule has 10 heteroatoms. The summed E-state index contributed by atoms with van der Waals surface area (Å²) in [5, 5.41) is 11.8. The van der Waals surface area contributed by atoms with Gasteiger partial charge in [-0.15, -0.1) is 0 Å². The van der Waals surface area contributed by atoms with Crippen molar-refractivity contribution < 1.29 is 33.7 Å². The molecule has 2 aromatic carbocycles. The van der Waals surface area contributed by atoms with Crippen LogP contribution in [0.1, 0.15) is 36.9 Å². The molecule has 0 bridgehead atoms. The molecule has 3 rings (SSSR count). The number of ether oxygens (including phenoxy) is 3. The summed E-state index contributed by atoms with van der Waals surface area (Å²) in [6, 6.07) is 13.9. The Morgan fingerprint density at radius 1 is 0.973 bits per heavy atom. The van der Waals surface area contributed by atoms with E-state index in [9.17, 15) is 19.5 Å². The van der Waals surface area contributed by atoms with E-state index in [4.69, 9.17) is 14.2 Å². The summed E-state index contributed by atoms with van der Waals surface area (Å²) in [6.07, 6.45) is -0.834. The molecule has 0 spiro atoms. The van der Waals surface area contributed by atoms with Gasteiger partial charge in [-0.1, -0.05) is 36.4 Å². The van der Waals surface area contributed by atoms with Gasteiger partial charge in [0.05, 0.1) is 14.2 Å². The SMILES string of the molecule is COc1ccc(C(C)N2CCN(C(=O)CC[C@H](NC(=O)OCc3ccccc3)C(=O)O)CC2)cc1OC. The Labute approximate surface area is 217 Å². The number of methoxy groups -OCH3 is 2. The van der Waals surface area contributed by atoms with E-state index >= 15 is 0 Å². The number of rotatable bonds is 11. The molecule has 1 aliphatic rings. The van der Waals surface area contributed by atoms with E-state index in [-0.39, 0.29) is 31.4 Å². The molecule has 1 saturated heterocycles. The van der Waals surface area contributed by atoms with Gasteiger partial charge in [0.2, 0.25) is 5.91 Å². The topological polar surface area (TPSA) is 118 Å². The van der Waals surface area contributed by atoms with Gasteiger partial charge in [-0.25, -0.2) is 9.59 Å². The van der Waals surface area contributed by atoms with E-state index in [0.29, 0.717) is 37.7 Å². The molecule has 2 atom stereocenters. The van der Waals surface area contributed by atoms with Crippen molar-refractivity contribution in [2.45, 2.75) is 38.5 Å². The molecule has 0 aliphatic carbocycles. The molecular weight excluding hydrogens is 478 g/mol. The third kappa shape index (κ3) is 7.85. The Kier molecular flexibility index (Phi) is 10.1. The van der Waals surface area contributed by atoms with Crippen LogP contribution >= 0.6 is 0 Å². The van der Waals surface area contributed by atoms with Crippen LogP contribution in [0.5, 0.6) is 11.5 Å². The molecule has 1 aliphatic heterocycles. The number of carbonyl (C=O) groups excluding carboxylic acids is 2. The molecule has 10 nitrogen and oxygen atoms in total. The maximum Gasteiger partial charge on any atom is 0.408 e. The van der Waals surface area contributed by atoms with E-state index in [2.05, 4.69) is 17.1 Å². The molecule has 1 fully saturated rings. The third-order valence-electron chi connectivity index (χ3n) is 6.55. The molecule has 0 aromatic heterocycles. The number of hydrogen-bond donors (Lipinski definition) is 2. The second-order valence-electron chi connectivity index (χ2n) is 8.84. The molecule has 0 radical (unpaired) electrons. The molecule has 2 aromatic rings. The Morgan fingerprint density at radius 3 is 2.27 bits per heavy atom. The van der Waals surface area contributed by atoms with E-state index in [1.165, 1.54) is 0 Å². The molecule has 1 heterocycles. The first-order valence-electron chi connectivity index (χ1n) is 12.3. The van der Waals surface area contributed by atoms with Crippen molar-refractivity contribution in [3.63, 3.8) is 0 Å². The smallest absolute Gasteiger partial charge is 0.408 e. The summed E-state index contributed by atoms with van der Waals surface area (Å²) < 4.78 is 15.8. The number of alkyl carbamates (subject to hydrolysis) is 1. The van der Waals surface area contributed by atoms with Crippen LogP contribution < -0.4 is 14.8 Å². The normalized spacial score (nSPS) is 15.4. The van der Waals surface area contributed by atoms with Crippen molar-refractivity contribution in [3.8, 4) is 11.5 Å². The second kappa shape index (κ2) is 13.5. The Bertz CT molecular complexity index is 1060. The van der Waals surface area contributed by atoms with Crippen molar-refractivity contribution >= 4 is 18.0 Å². The van der Waals surface area contributed by atoms with Crippen molar-refractivity contribution in [2.75, 3.05) is 40.4 Å². The minimum Gasteiger partial charge on any atom is -0.493 e. The standard InChI is InChI=1S/C27H35N3O7/c1-19(21-9-11-23(35-2)24(17-21)36-3)29-13-15-30(16-14-29)25(31)12-10-22(26(32)33)28-27(34)37-18-20-7-5-4-6-8-20/h4-9,11,17,19,22H,10,12-16,18H2,1-3H3,(H,28,34)(H,32,33)/t19?,22-/m0/s1. The number of nitrogens with zero attached hydrogens (tertiary/aromatic N) is 2. The van der Waals surface area contributed by atoms with Gasteiger partial charge in [0, 0.05) is 38.6 Å². The first-order chi connectivity index (χ1) is 17.8. The molecule has 37 heavy (non-hydrogen) atoms. The number of piperazine rings is 1. The number of carboxylic acid groups (broad SMARTS) is 1. The van der Waals surface area contributed by atoms with Crippen LogP contribution in [-0.4, -0.2) is 79.3 Å². The number of nitrogens with one attached hydrogen (secondary N) is 1. The van der Waals surface area contributed by atoms with Gasteiger partial charge in [0.1, 0.15) is 12.6 Å². The average molecular weight is 514 g/mol. The van der Waals surface area contributed by atoms with Crippen LogP contribution in [0.25, 0.3) is 0 Å². The predicted octanol–water partition coefficient (Wildman–Crippen LogP) is 3.07. The van der Waals surface area contributed by atoms with Gasteiger partial charge in [0.25, 0.3) is 0 Å². The zero-order chi connectivity index (χ0) is 26.8. The maximum atomic E-state index is 12.8. The minimum absolute atomic E-state index is 0.0150. The first-order valence-corrected chi connectivity index (χ1v) is 12.3. The number of hydrogen-bond acceptors (Lipinski definition) is 7. The van der Waals surface area contributed by atoms with Crippen LogP contribution in [0.15, 0.2) is 48.5 Å². The largest absolute Gasteiger partial charge is 0.493 e. The number of aliphatic carboxylic acids is 1. The Morgan fingerprint density at radius 2 is 1.65 bits per heavy atom. The highest BCUT2D eigenvalue weighted by Crippen LogP contribution is 2.32. The Balaban J connectivity index is 1.45. The monoisotopic (exact) mass is 513 g/mol. The summed E-state index contributed by atoms with van der Waals surface area (Å²) in [5.74, 6) is 0.000769. The van der Waals surface area contributed by atoms with Crippen molar-refractivity contribution in [1.29, 1.82) is 0 Å². The fraction of sp³-hybridized carbons (Fsp3) is 0.444. The van der Waals surface area contributed by atoms with E-state index in [0.717, 1.165) is 11.1 Å². The zero-order valence-corrected chi connectivity index (χ0v) is 21.5. The van der Waals surface area contributed by atoms with E-state index < -0.39 is 18.1 Å². The predicted molar refractivity (Wildman–Crippen MR) is 137 cm³/mol. The van der Waals surface area contributed by atoms with Crippen LogP contribution in [0, 0.1) is 0 Å². The second-order valence-corrected chi connectivity index (χ2v) is 8.84. The lowest BCUT2D eigenvalue weighted by molar-refractivity contribution is -0.140.